The average Bonchev–Trinajstić information content (AvgIpc) is 3.30. The Morgan fingerprint density at radius 2 is 1.77 bits per heavy atom. The summed E-state index contributed by atoms with van der Waals surface area (Å²) in [4.78, 5) is 27.9. The zero-order chi connectivity index (χ0) is 31.0. The van der Waals surface area contributed by atoms with Gasteiger partial charge in [-0.1, -0.05) is 35.9 Å². The van der Waals surface area contributed by atoms with Crippen molar-refractivity contribution in [1.29, 1.82) is 0 Å². The summed E-state index contributed by atoms with van der Waals surface area (Å²) in [6.45, 7) is 3.47. The molecule has 0 bridgehead atoms. The molecule has 0 aliphatic rings. The predicted octanol–water partition coefficient (Wildman–Crippen LogP) is 6.18. The van der Waals surface area contributed by atoms with Crippen molar-refractivity contribution in [3.05, 3.63) is 98.8 Å². The van der Waals surface area contributed by atoms with Gasteiger partial charge in [-0.25, -0.2) is 9.48 Å². The molecule has 3 N–H and O–H groups in total. The number of halogens is 4. The van der Waals surface area contributed by atoms with Gasteiger partial charge in [-0.2, -0.15) is 13.2 Å². The number of anilines is 1. The number of aromatic amines is 1. The summed E-state index contributed by atoms with van der Waals surface area (Å²) in [7, 11) is 0. The van der Waals surface area contributed by atoms with Gasteiger partial charge in [0.05, 0.1) is 29.2 Å². The largest absolute Gasteiger partial charge is 0.491 e. The van der Waals surface area contributed by atoms with Crippen LogP contribution in [-0.2, 0) is 35.2 Å². The summed E-state index contributed by atoms with van der Waals surface area (Å²) in [6, 6.07) is 16.8. The number of aliphatic imine (C=N–C) groups is 1. The highest BCUT2D eigenvalue weighted by atomic mass is 35.5. The number of hydrogen-bond acceptors (Lipinski definition) is 6. The topological polar surface area (TPSA) is 118 Å². The maximum absolute atomic E-state index is 13.5. The second-order valence-electron chi connectivity index (χ2n) is 9.37. The standard InChI is InChI=1S/C30H28ClF3N4O5/c1-35-26-16-22(31)9-13-25(26)36-18-38-29(41)24(28(37-38)20-5-7-21(8-6-20)30(32,33)34)12-4-19-2-10-23(11-3-19)43-15-14-42-17-27(39)40/h2-3,5-11,13,16,36-37H,1,4,12,14-15,17-18H2,(H,39,40). The van der Waals surface area contributed by atoms with E-state index in [1.54, 1.807) is 30.3 Å². The lowest BCUT2D eigenvalue weighted by Gasteiger charge is -2.10. The van der Waals surface area contributed by atoms with Gasteiger partial charge in [0.1, 0.15) is 25.6 Å². The van der Waals surface area contributed by atoms with E-state index in [2.05, 4.69) is 22.1 Å². The summed E-state index contributed by atoms with van der Waals surface area (Å²) in [5.74, 6) is -0.490. The predicted molar refractivity (Wildman–Crippen MR) is 158 cm³/mol. The first-order valence-electron chi connectivity index (χ1n) is 13.1. The van der Waals surface area contributed by atoms with Crippen molar-refractivity contribution < 1.29 is 32.5 Å². The van der Waals surface area contributed by atoms with Crippen LogP contribution in [0, 0.1) is 0 Å². The summed E-state index contributed by atoms with van der Waals surface area (Å²) in [6.07, 6.45) is -3.71. The van der Waals surface area contributed by atoms with E-state index in [0.717, 1.165) is 17.7 Å². The SMILES string of the molecule is C=Nc1cc(Cl)ccc1NCn1[nH]c(-c2ccc(C(F)(F)F)cc2)c(CCc2ccc(OCCOCC(=O)O)cc2)c1=O. The minimum atomic E-state index is -4.48. The molecule has 0 saturated carbocycles. The number of H-pyrrole nitrogens is 1. The monoisotopic (exact) mass is 616 g/mol. The van der Waals surface area contributed by atoms with E-state index in [4.69, 9.17) is 26.2 Å². The highest BCUT2D eigenvalue weighted by Crippen LogP contribution is 2.32. The first kappa shape index (κ1) is 31.4. The molecule has 0 fully saturated rings. The Bertz CT molecular complexity index is 1620. The van der Waals surface area contributed by atoms with Crippen LogP contribution in [0.5, 0.6) is 5.75 Å². The number of nitrogens with zero attached hydrogens (tertiary/aromatic N) is 2. The molecule has 9 nitrogen and oxygen atoms in total. The number of ether oxygens (including phenoxy) is 2. The van der Waals surface area contributed by atoms with E-state index in [1.165, 1.54) is 16.8 Å². The van der Waals surface area contributed by atoms with Crippen LogP contribution in [0.4, 0.5) is 24.5 Å². The number of carbonyl (C=O) groups is 1. The molecule has 0 amide bonds. The highest BCUT2D eigenvalue weighted by Gasteiger charge is 2.30. The zero-order valence-corrected chi connectivity index (χ0v) is 23.5. The number of aliphatic carboxylic acids is 1. The summed E-state index contributed by atoms with van der Waals surface area (Å²) < 4.78 is 51.3. The van der Waals surface area contributed by atoms with E-state index in [9.17, 15) is 22.8 Å². The molecule has 0 spiro atoms. The lowest BCUT2D eigenvalue weighted by atomic mass is 10.0. The number of benzene rings is 3. The van der Waals surface area contributed by atoms with Crippen LogP contribution < -0.4 is 15.6 Å². The van der Waals surface area contributed by atoms with Gasteiger partial charge in [-0.05, 0) is 73.2 Å². The lowest BCUT2D eigenvalue weighted by molar-refractivity contribution is -0.142. The Morgan fingerprint density at radius 1 is 1.05 bits per heavy atom. The average molecular weight is 617 g/mol. The lowest BCUT2D eigenvalue weighted by Crippen LogP contribution is -2.23. The molecule has 0 unspecified atom stereocenters. The highest BCUT2D eigenvalue weighted by molar-refractivity contribution is 6.31. The molecule has 1 heterocycles. The van der Waals surface area contributed by atoms with Crippen molar-refractivity contribution in [1.82, 2.24) is 9.78 Å². The van der Waals surface area contributed by atoms with E-state index in [-0.39, 0.29) is 25.4 Å². The van der Waals surface area contributed by atoms with Gasteiger partial charge in [0, 0.05) is 10.6 Å². The molecule has 0 aliphatic carbocycles. The van der Waals surface area contributed by atoms with Crippen LogP contribution in [0.1, 0.15) is 16.7 Å². The number of alkyl halides is 3. The first-order valence-corrected chi connectivity index (χ1v) is 13.4. The van der Waals surface area contributed by atoms with Crippen LogP contribution in [0.3, 0.4) is 0 Å². The van der Waals surface area contributed by atoms with Crippen LogP contribution >= 0.6 is 11.6 Å². The molecule has 3 aromatic carbocycles. The van der Waals surface area contributed by atoms with Crippen LogP contribution in [0.15, 0.2) is 76.5 Å². The van der Waals surface area contributed by atoms with Crippen molar-refractivity contribution in [3.8, 4) is 17.0 Å². The second kappa shape index (κ2) is 14.1. The Balaban J connectivity index is 1.52. The fraction of sp³-hybridized carbons (Fsp3) is 0.233. The molecule has 43 heavy (non-hydrogen) atoms. The maximum Gasteiger partial charge on any atom is 0.416 e. The van der Waals surface area contributed by atoms with E-state index in [0.29, 0.717) is 51.8 Å². The first-order chi connectivity index (χ1) is 20.5. The molecule has 226 valence electrons. The molecule has 4 aromatic rings. The quantitative estimate of drug-likeness (QED) is 0.115. The molecule has 0 aliphatic heterocycles. The third-order valence-corrected chi connectivity index (χ3v) is 6.65. The number of carboxylic acid groups (broad SMARTS) is 1. The fourth-order valence-corrected chi connectivity index (χ4v) is 4.45. The molecular formula is C30H28ClF3N4O5. The second-order valence-corrected chi connectivity index (χ2v) is 9.80. The molecule has 0 atom stereocenters. The van der Waals surface area contributed by atoms with Gasteiger partial charge in [0.15, 0.2) is 0 Å². The molecule has 13 heteroatoms. The van der Waals surface area contributed by atoms with Crippen molar-refractivity contribution in [2.45, 2.75) is 25.7 Å². The van der Waals surface area contributed by atoms with Crippen molar-refractivity contribution in [2.24, 2.45) is 4.99 Å². The van der Waals surface area contributed by atoms with E-state index in [1.807, 2.05) is 12.1 Å². The number of nitrogens with one attached hydrogen (secondary N) is 2. The number of aromatic nitrogens is 2. The normalized spacial score (nSPS) is 11.3. The van der Waals surface area contributed by atoms with Gasteiger partial charge in [0.2, 0.25) is 0 Å². The zero-order valence-electron chi connectivity index (χ0n) is 22.8. The summed E-state index contributed by atoms with van der Waals surface area (Å²) in [5, 5.41) is 15.2. The number of carboxylic acids is 1. The fourth-order valence-electron chi connectivity index (χ4n) is 4.28. The van der Waals surface area contributed by atoms with Crippen molar-refractivity contribution >= 4 is 35.7 Å². The summed E-state index contributed by atoms with van der Waals surface area (Å²) >= 11 is 6.03. The molecule has 0 saturated heterocycles. The van der Waals surface area contributed by atoms with Crippen LogP contribution in [-0.4, -0.2) is 47.4 Å². The molecular weight excluding hydrogens is 589 g/mol. The Hall–Kier alpha value is -4.55. The van der Waals surface area contributed by atoms with E-state index >= 15 is 0 Å². The minimum Gasteiger partial charge on any atom is -0.491 e. The third-order valence-electron chi connectivity index (χ3n) is 6.42. The van der Waals surface area contributed by atoms with Gasteiger partial charge < -0.3 is 19.9 Å². The molecule has 1 aromatic heterocycles. The van der Waals surface area contributed by atoms with Gasteiger partial charge in [-0.15, -0.1) is 0 Å². The number of hydrogen-bond donors (Lipinski definition) is 3. The number of aryl methyl sites for hydroxylation is 1. The Morgan fingerprint density at radius 3 is 2.42 bits per heavy atom. The minimum absolute atomic E-state index is 0.0266. The number of rotatable bonds is 14. The Kier molecular flexibility index (Phi) is 10.3. The maximum atomic E-state index is 13.5. The smallest absolute Gasteiger partial charge is 0.416 e. The third kappa shape index (κ3) is 8.49. The molecule has 4 rings (SSSR count). The molecule has 0 radical (unpaired) electrons. The Labute approximate surface area is 249 Å². The van der Waals surface area contributed by atoms with Crippen molar-refractivity contribution in [2.75, 3.05) is 25.1 Å². The van der Waals surface area contributed by atoms with Crippen molar-refractivity contribution in [3.63, 3.8) is 0 Å². The van der Waals surface area contributed by atoms with Gasteiger partial charge in [0.25, 0.3) is 5.56 Å². The van der Waals surface area contributed by atoms with E-state index < -0.39 is 24.3 Å². The van der Waals surface area contributed by atoms with Crippen LogP contribution in [0.25, 0.3) is 11.3 Å². The van der Waals surface area contributed by atoms with Gasteiger partial charge >= 0.3 is 12.1 Å². The van der Waals surface area contributed by atoms with Crippen LogP contribution in [0.2, 0.25) is 5.02 Å². The summed E-state index contributed by atoms with van der Waals surface area (Å²) in [5.41, 5.74) is 2.14. The van der Waals surface area contributed by atoms with Gasteiger partial charge in [-0.3, -0.25) is 14.9 Å².